The third-order valence-corrected chi connectivity index (χ3v) is 13.4. The summed E-state index contributed by atoms with van der Waals surface area (Å²) >= 11 is 0. The minimum Gasteiger partial charge on any atom is -0.452 e. The van der Waals surface area contributed by atoms with Crippen LogP contribution in [0.5, 0.6) is 0 Å². The molecule has 0 aliphatic rings. The SMILES string of the molecule is C[C@H](C(=O)OC(c1cccc2ccccc12)c1cccc2ccccc12)[Si](C)(c1ccccc1)c1ccccc1. The predicted octanol–water partition coefficient (Wildman–Crippen LogP) is 7.91. The molecule has 2 nitrogen and oxygen atoms in total. The summed E-state index contributed by atoms with van der Waals surface area (Å²) < 4.78 is 6.69. The predicted molar refractivity (Wildman–Crippen MR) is 169 cm³/mol. The van der Waals surface area contributed by atoms with Crippen molar-refractivity contribution in [3.63, 3.8) is 0 Å². The summed E-state index contributed by atoms with van der Waals surface area (Å²) in [5.41, 5.74) is 1.68. The van der Waals surface area contributed by atoms with E-state index in [1.165, 1.54) is 10.4 Å². The van der Waals surface area contributed by atoms with Crippen molar-refractivity contribution in [2.24, 2.45) is 0 Å². The number of rotatable bonds is 7. The minimum absolute atomic E-state index is 0.173. The normalized spacial score (nSPS) is 12.5. The molecule has 0 saturated heterocycles. The molecule has 40 heavy (non-hydrogen) atoms. The molecule has 0 bridgehead atoms. The van der Waals surface area contributed by atoms with Gasteiger partial charge < -0.3 is 4.74 Å². The molecule has 0 heterocycles. The maximum absolute atomic E-state index is 14.4. The quantitative estimate of drug-likeness (QED) is 0.153. The van der Waals surface area contributed by atoms with E-state index < -0.39 is 14.2 Å². The minimum atomic E-state index is -2.52. The molecule has 1 atom stereocenters. The first-order valence-electron chi connectivity index (χ1n) is 13.8. The average Bonchev–Trinajstić information content (AvgIpc) is 3.03. The van der Waals surface area contributed by atoms with Gasteiger partial charge in [0.15, 0.2) is 6.10 Å². The summed E-state index contributed by atoms with van der Waals surface area (Å²) in [6.45, 7) is 4.34. The molecular weight excluding hydrogens is 504 g/mol. The monoisotopic (exact) mass is 536 g/mol. The van der Waals surface area contributed by atoms with Crippen LogP contribution in [0.1, 0.15) is 24.2 Å². The van der Waals surface area contributed by atoms with E-state index >= 15 is 0 Å². The fourth-order valence-corrected chi connectivity index (χ4v) is 9.58. The van der Waals surface area contributed by atoms with Crippen molar-refractivity contribution in [3.05, 3.63) is 157 Å². The Labute approximate surface area is 236 Å². The zero-order chi connectivity index (χ0) is 27.5. The Morgan fingerprint density at radius 2 is 0.950 bits per heavy atom. The smallest absolute Gasteiger partial charge is 0.307 e. The van der Waals surface area contributed by atoms with E-state index in [-0.39, 0.29) is 11.5 Å². The highest BCUT2D eigenvalue weighted by Crippen LogP contribution is 2.37. The summed E-state index contributed by atoms with van der Waals surface area (Å²) in [6.07, 6.45) is -0.544. The van der Waals surface area contributed by atoms with Gasteiger partial charge in [-0.2, -0.15) is 0 Å². The Morgan fingerprint density at radius 1 is 0.550 bits per heavy atom. The highest BCUT2D eigenvalue weighted by molar-refractivity contribution is 7.04. The molecule has 0 amide bonds. The lowest BCUT2D eigenvalue weighted by atomic mass is 9.92. The van der Waals surface area contributed by atoms with Gasteiger partial charge in [0.25, 0.3) is 0 Å². The van der Waals surface area contributed by atoms with Crippen LogP contribution in [-0.2, 0) is 9.53 Å². The number of esters is 1. The van der Waals surface area contributed by atoms with E-state index in [0.29, 0.717) is 0 Å². The average molecular weight is 537 g/mol. The molecule has 6 rings (SSSR count). The van der Waals surface area contributed by atoms with Gasteiger partial charge in [0.2, 0.25) is 0 Å². The molecule has 0 aliphatic carbocycles. The highest BCUT2D eigenvalue weighted by Gasteiger charge is 2.43. The van der Waals surface area contributed by atoms with Crippen molar-refractivity contribution in [2.45, 2.75) is 25.1 Å². The molecule has 0 aromatic heterocycles. The molecular formula is C37H32O2Si. The van der Waals surface area contributed by atoms with Crippen molar-refractivity contribution in [1.29, 1.82) is 0 Å². The van der Waals surface area contributed by atoms with E-state index in [1.807, 2.05) is 36.4 Å². The molecule has 196 valence electrons. The lowest BCUT2D eigenvalue weighted by Crippen LogP contribution is -2.60. The van der Waals surface area contributed by atoms with Crippen molar-refractivity contribution in [2.75, 3.05) is 0 Å². The van der Waals surface area contributed by atoms with Crippen molar-refractivity contribution < 1.29 is 9.53 Å². The van der Waals surface area contributed by atoms with Crippen LogP contribution in [0, 0.1) is 0 Å². The molecule has 6 aromatic carbocycles. The van der Waals surface area contributed by atoms with Crippen LogP contribution < -0.4 is 10.4 Å². The Morgan fingerprint density at radius 3 is 1.43 bits per heavy atom. The largest absolute Gasteiger partial charge is 0.452 e. The zero-order valence-corrected chi connectivity index (χ0v) is 23.8. The number of carbonyl (C=O) groups is 1. The van der Waals surface area contributed by atoms with Gasteiger partial charge in [0.1, 0.15) is 8.07 Å². The van der Waals surface area contributed by atoms with Crippen LogP contribution in [0.25, 0.3) is 21.5 Å². The number of fused-ring (bicyclic) bond motifs is 2. The third-order valence-electron chi connectivity index (χ3n) is 8.41. The number of hydrogen-bond donors (Lipinski definition) is 0. The highest BCUT2D eigenvalue weighted by atomic mass is 28.3. The molecule has 0 aliphatic heterocycles. The zero-order valence-electron chi connectivity index (χ0n) is 22.8. The second kappa shape index (κ2) is 11.0. The topological polar surface area (TPSA) is 26.3 Å². The van der Waals surface area contributed by atoms with E-state index in [2.05, 4.69) is 123 Å². The molecule has 0 radical (unpaired) electrons. The van der Waals surface area contributed by atoms with Gasteiger partial charge in [0, 0.05) is 11.1 Å². The summed E-state index contributed by atoms with van der Waals surface area (Å²) in [4.78, 5) is 14.4. The molecule has 0 saturated carbocycles. The lowest BCUT2D eigenvalue weighted by molar-refractivity contribution is -0.147. The number of benzene rings is 6. The van der Waals surface area contributed by atoms with Gasteiger partial charge in [-0.25, -0.2) is 0 Å². The van der Waals surface area contributed by atoms with Crippen LogP contribution in [-0.4, -0.2) is 14.0 Å². The number of ether oxygens (including phenoxy) is 1. The third kappa shape index (κ3) is 4.63. The maximum atomic E-state index is 14.4. The van der Waals surface area contributed by atoms with E-state index in [1.54, 1.807) is 0 Å². The van der Waals surface area contributed by atoms with Gasteiger partial charge in [-0.3, -0.25) is 4.79 Å². The van der Waals surface area contributed by atoms with E-state index in [9.17, 15) is 4.79 Å². The van der Waals surface area contributed by atoms with Gasteiger partial charge >= 0.3 is 5.97 Å². The fraction of sp³-hybridized carbons (Fsp3) is 0.108. The van der Waals surface area contributed by atoms with Crippen molar-refractivity contribution in [1.82, 2.24) is 0 Å². The first-order valence-corrected chi connectivity index (χ1v) is 16.4. The Hall–Kier alpha value is -4.47. The summed E-state index contributed by atoms with van der Waals surface area (Å²) in [6, 6.07) is 50.1. The van der Waals surface area contributed by atoms with Gasteiger partial charge in [-0.1, -0.05) is 169 Å². The van der Waals surface area contributed by atoms with Crippen LogP contribution in [0.3, 0.4) is 0 Å². The lowest BCUT2D eigenvalue weighted by Gasteiger charge is -2.34. The van der Waals surface area contributed by atoms with Gasteiger partial charge in [-0.15, -0.1) is 0 Å². The van der Waals surface area contributed by atoms with Gasteiger partial charge in [-0.05, 0) is 21.5 Å². The van der Waals surface area contributed by atoms with Crippen LogP contribution >= 0.6 is 0 Å². The molecule has 0 spiro atoms. The number of hydrogen-bond acceptors (Lipinski definition) is 2. The van der Waals surface area contributed by atoms with Crippen LogP contribution in [0.2, 0.25) is 12.1 Å². The summed E-state index contributed by atoms with van der Waals surface area (Å²) in [5, 5.41) is 6.88. The first-order chi connectivity index (χ1) is 19.6. The van der Waals surface area contributed by atoms with Crippen LogP contribution in [0.15, 0.2) is 146 Å². The molecule has 3 heteroatoms. The number of carbonyl (C=O) groups excluding carboxylic acids is 1. The second-order valence-electron chi connectivity index (χ2n) is 10.6. The first kappa shape index (κ1) is 25.8. The molecule has 0 unspecified atom stereocenters. The Kier molecular flexibility index (Phi) is 7.06. The Balaban J connectivity index is 1.49. The van der Waals surface area contributed by atoms with E-state index in [0.717, 1.165) is 32.7 Å². The van der Waals surface area contributed by atoms with Crippen LogP contribution in [0.4, 0.5) is 0 Å². The molecule has 0 fully saturated rings. The van der Waals surface area contributed by atoms with Gasteiger partial charge in [0.05, 0.1) is 5.54 Å². The van der Waals surface area contributed by atoms with Crippen molar-refractivity contribution >= 4 is 46.0 Å². The van der Waals surface area contributed by atoms with E-state index in [4.69, 9.17) is 4.74 Å². The Bertz CT molecular complexity index is 1650. The second-order valence-corrected chi connectivity index (χ2v) is 15.0. The fourth-order valence-electron chi connectivity index (χ4n) is 5.94. The summed E-state index contributed by atoms with van der Waals surface area (Å²) in [5.74, 6) is -0.173. The van der Waals surface area contributed by atoms with Crippen molar-refractivity contribution in [3.8, 4) is 0 Å². The maximum Gasteiger partial charge on any atom is 0.307 e. The standard InChI is InChI=1S/C37H32O2Si/c1-27(40(2,30-19-5-3-6-20-30)31-21-7-4-8-22-31)37(38)39-36(34-25-13-17-28-15-9-11-23-32(28)34)35-26-14-18-29-16-10-12-24-33(29)35/h3-27,36H,1-2H3/t27-/m1/s1. The summed E-state index contributed by atoms with van der Waals surface area (Å²) in [7, 11) is -2.52. The molecule has 0 N–H and O–H groups in total. The molecule has 6 aromatic rings.